The van der Waals surface area contributed by atoms with Crippen molar-refractivity contribution in [1.29, 1.82) is 0 Å². The second-order valence-corrected chi connectivity index (χ2v) is 4.48. The summed E-state index contributed by atoms with van der Waals surface area (Å²) in [5, 5.41) is 10.8. The molecule has 0 aliphatic heterocycles. The summed E-state index contributed by atoms with van der Waals surface area (Å²) in [7, 11) is 1.20. The molecule has 0 aliphatic rings. The van der Waals surface area contributed by atoms with Crippen molar-refractivity contribution in [3.63, 3.8) is 0 Å². The Morgan fingerprint density at radius 2 is 2.19 bits per heavy atom. The van der Waals surface area contributed by atoms with E-state index >= 15 is 0 Å². The third kappa shape index (κ3) is 2.38. The molecule has 1 aromatic rings. The van der Waals surface area contributed by atoms with Gasteiger partial charge < -0.3 is 4.74 Å². The van der Waals surface area contributed by atoms with Gasteiger partial charge in [0, 0.05) is 10.9 Å². The normalized spacial score (nSPS) is 11.9. The highest BCUT2D eigenvalue weighted by Crippen LogP contribution is 2.31. The zero-order chi connectivity index (χ0) is 12.3. The first-order valence-corrected chi connectivity index (χ1v) is 5.40. The van der Waals surface area contributed by atoms with Gasteiger partial charge in [-0.25, -0.2) is 4.79 Å². The Morgan fingerprint density at radius 3 is 2.62 bits per heavy atom. The highest BCUT2D eigenvalue weighted by atomic mass is 79.9. The zero-order valence-electron chi connectivity index (χ0n) is 8.77. The van der Waals surface area contributed by atoms with Crippen LogP contribution in [-0.4, -0.2) is 18.0 Å². The first-order valence-electron chi connectivity index (χ1n) is 4.48. The van der Waals surface area contributed by atoms with Crippen LogP contribution in [-0.2, 0) is 4.74 Å². The number of carbonyl (C=O) groups is 1. The number of nitrogens with zero attached hydrogens (tertiary/aromatic N) is 1. The molecule has 0 heterocycles. The van der Waals surface area contributed by atoms with E-state index in [9.17, 15) is 14.9 Å². The fourth-order valence-corrected chi connectivity index (χ4v) is 1.75. The van der Waals surface area contributed by atoms with Crippen molar-refractivity contribution in [3.05, 3.63) is 39.4 Å². The van der Waals surface area contributed by atoms with Crippen molar-refractivity contribution >= 4 is 27.6 Å². The maximum atomic E-state index is 11.5. The van der Waals surface area contributed by atoms with E-state index in [1.54, 1.807) is 13.0 Å². The molecule has 0 bridgehead atoms. The van der Waals surface area contributed by atoms with Gasteiger partial charge in [-0.2, -0.15) is 0 Å². The first kappa shape index (κ1) is 12.6. The summed E-state index contributed by atoms with van der Waals surface area (Å²) in [6.45, 7) is 1.78. The average molecular weight is 288 g/mol. The van der Waals surface area contributed by atoms with Crippen molar-refractivity contribution in [1.82, 2.24) is 0 Å². The molecule has 86 valence electrons. The van der Waals surface area contributed by atoms with Gasteiger partial charge in [-0.3, -0.25) is 10.1 Å². The van der Waals surface area contributed by atoms with Crippen LogP contribution in [0.1, 0.15) is 27.7 Å². The number of rotatable bonds is 3. The molecule has 0 spiro atoms. The third-order valence-corrected chi connectivity index (χ3v) is 2.58. The summed E-state index contributed by atoms with van der Waals surface area (Å²) >= 11 is 3.28. The van der Waals surface area contributed by atoms with Crippen molar-refractivity contribution in [3.8, 4) is 0 Å². The second kappa shape index (κ2) is 5.07. The molecule has 0 N–H and O–H groups in total. The molecular weight excluding hydrogens is 278 g/mol. The Labute approximate surface area is 101 Å². The highest BCUT2D eigenvalue weighted by molar-refractivity contribution is 9.09. The molecule has 0 saturated heterocycles. The van der Waals surface area contributed by atoms with Crippen LogP contribution in [0.2, 0.25) is 0 Å². The summed E-state index contributed by atoms with van der Waals surface area (Å²) in [5.74, 6) is -0.700. The minimum Gasteiger partial charge on any atom is -0.465 e. The predicted molar refractivity (Wildman–Crippen MR) is 61.8 cm³/mol. The van der Waals surface area contributed by atoms with Gasteiger partial charge in [-0.1, -0.05) is 28.1 Å². The second-order valence-electron chi connectivity index (χ2n) is 3.11. The maximum absolute atomic E-state index is 11.5. The topological polar surface area (TPSA) is 69.4 Å². The van der Waals surface area contributed by atoms with Gasteiger partial charge in [-0.05, 0) is 12.5 Å². The first-order chi connectivity index (χ1) is 7.49. The maximum Gasteiger partial charge on any atom is 0.345 e. The zero-order valence-corrected chi connectivity index (χ0v) is 10.4. The van der Waals surface area contributed by atoms with Crippen LogP contribution in [0.4, 0.5) is 5.69 Å². The molecule has 0 amide bonds. The van der Waals surface area contributed by atoms with Crippen molar-refractivity contribution in [2.24, 2.45) is 0 Å². The van der Waals surface area contributed by atoms with E-state index in [4.69, 9.17) is 0 Å². The number of esters is 1. The van der Waals surface area contributed by atoms with Crippen LogP contribution in [0.3, 0.4) is 0 Å². The number of alkyl halides is 1. The Balaban J connectivity index is 3.47. The van der Waals surface area contributed by atoms with Gasteiger partial charge >= 0.3 is 5.97 Å². The predicted octanol–water partition coefficient (Wildman–Crippen LogP) is 2.84. The number of nitro groups is 1. The summed E-state index contributed by atoms with van der Waals surface area (Å²) in [4.78, 5) is 21.6. The van der Waals surface area contributed by atoms with Crippen LogP contribution in [0.25, 0.3) is 0 Å². The lowest BCUT2D eigenvalue weighted by atomic mass is 10.0. The lowest BCUT2D eigenvalue weighted by Gasteiger charge is -2.09. The van der Waals surface area contributed by atoms with E-state index < -0.39 is 10.9 Å². The van der Waals surface area contributed by atoms with E-state index in [0.29, 0.717) is 5.56 Å². The number of benzene rings is 1. The lowest BCUT2D eigenvalue weighted by molar-refractivity contribution is -0.385. The van der Waals surface area contributed by atoms with Gasteiger partial charge in [0.05, 0.1) is 12.0 Å². The smallest absolute Gasteiger partial charge is 0.345 e. The fourth-order valence-electron chi connectivity index (χ4n) is 1.37. The monoisotopic (exact) mass is 287 g/mol. The standard InChI is InChI=1S/C10H10BrNO4/c1-6(11)7-4-3-5-8(12(14)15)9(7)10(13)16-2/h3-6H,1-2H3. The number of methoxy groups -OCH3 is 1. The van der Waals surface area contributed by atoms with E-state index in [1.807, 2.05) is 0 Å². The van der Waals surface area contributed by atoms with Gasteiger partial charge in [0.15, 0.2) is 0 Å². The minimum absolute atomic E-state index is 0.000579. The Hall–Kier alpha value is -1.43. The summed E-state index contributed by atoms with van der Waals surface area (Å²) in [5.41, 5.74) is 0.302. The largest absolute Gasteiger partial charge is 0.465 e. The lowest BCUT2D eigenvalue weighted by Crippen LogP contribution is -2.09. The molecule has 1 unspecified atom stereocenters. The molecule has 6 heteroatoms. The average Bonchev–Trinajstić information content (AvgIpc) is 2.26. The van der Waals surface area contributed by atoms with E-state index in [0.717, 1.165) is 0 Å². The van der Waals surface area contributed by atoms with Gasteiger partial charge in [0.25, 0.3) is 5.69 Å². The molecule has 5 nitrogen and oxygen atoms in total. The van der Waals surface area contributed by atoms with Crippen LogP contribution < -0.4 is 0 Å². The molecule has 0 radical (unpaired) electrons. The Kier molecular flexibility index (Phi) is 4.00. The molecule has 0 aliphatic carbocycles. The molecule has 1 rings (SSSR count). The molecule has 1 aromatic carbocycles. The number of halogens is 1. The highest BCUT2D eigenvalue weighted by Gasteiger charge is 2.25. The summed E-state index contributed by atoms with van der Waals surface area (Å²) in [6.07, 6.45) is 0. The molecule has 0 aromatic heterocycles. The fraction of sp³-hybridized carbons (Fsp3) is 0.300. The van der Waals surface area contributed by atoms with Crippen LogP contribution >= 0.6 is 15.9 Å². The van der Waals surface area contributed by atoms with Gasteiger partial charge in [0.1, 0.15) is 5.56 Å². The molecule has 16 heavy (non-hydrogen) atoms. The molecule has 0 saturated carbocycles. The quantitative estimate of drug-likeness (QED) is 0.371. The number of hydrogen-bond acceptors (Lipinski definition) is 4. The van der Waals surface area contributed by atoms with Gasteiger partial charge in [0.2, 0.25) is 0 Å². The van der Waals surface area contributed by atoms with Crippen LogP contribution in [0.5, 0.6) is 0 Å². The van der Waals surface area contributed by atoms with Crippen molar-refractivity contribution in [2.45, 2.75) is 11.8 Å². The van der Waals surface area contributed by atoms with Crippen LogP contribution in [0.15, 0.2) is 18.2 Å². The van der Waals surface area contributed by atoms with Crippen LogP contribution in [0, 0.1) is 10.1 Å². The SMILES string of the molecule is COC(=O)c1c(C(C)Br)cccc1[N+](=O)[O-]. The third-order valence-electron chi connectivity index (χ3n) is 2.09. The summed E-state index contributed by atoms with van der Waals surface area (Å²) < 4.78 is 4.55. The number of nitro benzene ring substituents is 1. The van der Waals surface area contributed by atoms with Gasteiger partial charge in [-0.15, -0.1) is 0 Å². The van der Waals surface area contributed by atoms with E-state index in [1.165, 1.54) is 19.2 Å². The number of carbonyl (C=O) groups excluding carboxylic acids is 1. The Morgan fingerprint density at radius 1 is 1.56 bits per heavy atom. The summed E-state index contributed by atoms with van der Waals surface area (Å²) in [6, 6.07) is 4.47. The molecule has 0 fully saturated rings. The number of ether oxygens (including phenoxy) is 1. The number of hydrogen-bond donors (Lipinski definition) is 0. The van der Waals surface area contributed by atoms with Crippen molar-refractivity contribution < 1.29 is 14.5 Å². The Bertz CT molecular complexity index is 431. The molecular formula is C10H10BrNO4. The van der Waals surface area contributed by atoms with E-state index in [2.05, 4.69) is 20.7 Å². The molecule has 1 atom stereocenters. The van der Waals surface area contributed by atoms with Crippen molar-refractivity contribution in [2.75, 3.05) is 7.11 Å². The minimum atomic E-state index is -0.700. The van der Waals surface area contributed by atoms with E-state index in [-0.39, 0.29) is 16.1 Å².